The number of rotatable bonds is 5. The molecule has 4 heteroatoms. The van der Waals surface area contributed by atoms with Crippen molar-refractivity contribution in [1.82, 2.24) is 14.7 Å². The number of aromatic nitrogens is 2. The molecule has 0 radical (unpaired) electrons. The third-order valence-electron chi connectivity index (χ3n) is 3.62. The van der Waals surface area contributed by atoms with E-state index in [0.717, 1.165) is 12.2 Å². The number of nitrogens with zero attached hydrogens (tertiary/aromatic N) is 3. The summed E-state index contributed by atoms with van der Waals surface area (Å²) in [6, 6.07) is 2.71. The lowest BCUT2D eigenvalue weighted by Crippen LogP contribution is -2.27. The average molecular weight is 251 g/mol. The van der Waals surface area contributed by atoms with Crippen LogP contribution in [0.4, 0.5) is 0 Å². The monoisotopic (exact) mass is 251 g/mol. The van der Waals surface area contributed by atoms with Gasteiger partial charge in [-0.05, 0) is 32.9 Å². The summed E-state index contributed by atoms with van der Waals surface area (Å²) < 4.78 is 2.14. The molecule has 1 aliphatic carbocycles. The number of aliphatic hydroxyl groups excluding tert-OH is 1. The van der Waals surface area contributed by atoms with Gasteiger partial charge in [0.2, 0.25) is 0 Å². The zero-order valence-corrected chi connectivity index (χ0v) is 11.5. The Labute approximate surface area is 110 Å². The van der Waals surface area contributed by atoms with Gasteiger partial charge >= 0.3 is 0 Å². The Morgan fingerprint density at radius 3 is 2.83 bits per heavy atom. The number of hydrogen-bond donors (Lipinski definition) is 1. The summed E-state index contributed by atoms with van der Waals surface area (Å²) in [6.45, 7) is 3.32. The molecule has 1 aromatic heterocycles. The molecule has 0 bridgehead atoms. The van der Waals surface area contributed by atoms with E-state index >= 15 is 0 Å². The summed E-state index contributed by atoms with van der Waals surface area (Å²) in [5, 5.41) is 14.0. The van der Waals surface area contributed by atoms with Crippen molar-refractivity contribution in [2.75, 3.05) is 13.6 Å². The predicted octanol–water partition coefficient (Wildman–Crippen LogP) is 2.20. The van der Waals surface area contributed by atoms with Crippen LogP contribution in [0, 0.1) is 0 Å². The summed E-state index contributed by atoms with van der Waals surface area (Å²) in [7, 11) is 2.02. The molecule has 1 atom stereocenters. The van der Waals surface area contributed by atoms with Crippen molar-refractivity contribution in [3.63, 3.8) is 0 Å². The van der Waals surface area contributed by atoms with Gasteiger partial charge in [-0.2, -0.15) is 5.10 Å². The highest BCUT2D eigenvalue weighted by atomic mass is 16.3. The fourth-order valence-corrected chi connectivity index (χ4v) is 2.80. The average Bonchev–Trinajstić information content (AvgIpc) is 2.77. The highest BCUT2D eigenvalue weighted by Crippen LogP contribution is 2.27. The SMILES string of the molecule is CC(O)CN(C)Cc1ccn(C2CCCCC2)n1. The minimum Gasteiger partial charge on any atom is -0.392 e. The Morgan fingerprint density at radius 2 is 2.17 bits per heavy atom. The quantitative estimate of drug-likeness (QED) is 0.872. The fourth-order valence-electron chi connectivity index (χ4n) is 2.80. The van der Waals surface area contributed by atoms with Gasteiger partial charge in [-0.15, -0.1) is 0 Å². The van der Waals surface area contributed by atoms with Gasteiger partial charge in [0.1, 0.15) is 0 Å². The fraction of sp³-hybridized carbons (Fsp3) is 0.786. The van der Waals surface area contributed by atoms with Crippen LogP contribution >= 0.6 is 0 Å². The van der Waals surface area contributed by atoms with Crippen LogP contribution in [0.25, 0.3) is 0 Å². The van der Waals surface area contributed by atoms with E-state index in [2.05, 4.69) is 26.9 Å². The third-order valence-corrected chi connectivity index (χ3v) is 3.62. The van der Waals surface area contributed by atoms with Crippen molar-refractivity contribution >= 4 is 0 Å². The summed E-state index contributed by atoms with van der Waals surface area (Å²) in [4.78, 5) is 2.11. The summed E-state index contributed by atoms with van der Waals surface area (Å²) in [5.74, 6) is 0. The van der Waals surface area contributed by atoms with Crippen molar-refractivity contribution in [2.24, 2.45) is 0 Å². The minimum absolute atomic E-state index is 0.282. The van der Waals surface area contributed by atoms with Crippen molar-refractivity contribution in [1.29, 1.82) is 0 Å². The molecule has 0 aliphatic heterocycles. The molecule has 2 rings (SSSR count). The van der Waals surface area contributed by atoms with Gasteiger partial charge in [-0.3, -0.25) is 9.58 Å². The first-order chi connectivity index (χ1) is 8.65. The largest absolute Gasteiger partial charge is 0.392 e. The van der Waals surface area contributed by atoms with Gasteiger partial charge in [0, 0.05) is 19.3 Å². The lowest BCUT2D eigenvalue weighted by Gasteiger charge is -2.22. The maximum absolute atomic E-state index is 9.34. The smallest absolute Gasteiger partial charge is 0.0764 e. The van der Waals surface area contributed by atoms with Crippen LogP contribution in [-0.4, -0.2) is 39.5 Å². The molecular weight excluding hydrogens is 226 g/mol. The molecule has 1 N–H and O–H groups in total. The zero-order chi connectivity index (χ0) is 13.0. The molecule has 4 nitrogen and oxygen atoms in total. The molecule has 0 saturated heterocycles. The van der Waals surface area contributed by atoms with Gasteiger partial charge < -0.3 is 5.11 Å². The van der Waals surface area contributed by atoms with Crippen LogP contribution in [0.3, 0.4) is 0 Å². The maximum Gasteiger partial charge on any atom is 0.0764 e. The van der Waals surface area contributed by atoms with Crippen LogP contribution in [0.15, 0.2) is 12.3 Å². The Bertz CT molecular complexity index is 356. The first kappa shape index (κ1) is 13.6. The molecule has 1 aromatic rings. The normalized spacial score (nSPS) is 19.3. The van der Waals surface area contributed by atoms with Gasteiger partial charge in [-0.1, -0.05) is 19.3 Å². The first-order valence-electron chi connectivity index (χ1n) is 7.06. The molecule has 1 unspecified atom stereocenters. The summed E-state index contributed by atoms with van der Waals surface area (Å²) >= 11 is 0. The Hall–Kier alpha value is -0.870. The van der Waals surface area contributed by atoms with E-state index in [4.69, 9.17) is 0 Å². The van der Waals surface area contributed by atoms with Crippen LogP contribution in [0.2, 0.25) is 0 Å². The highest BCUT2D eigenvalue weighted by Gasteiger charge is 2.16. The standard InChI is InChI=1S/C14H25N3O/c1-12(18)10-16(2)11-13-8-9-17(15-13)14-6-4-3-5-7-14/h8-9,12,14,18H,3-7,10-11H2,1-2H3. The molecule has 0 spiro atoms. The number of aliphatic hydroxyl groups is 1. The van der Waals surface area contributed by atoms with Crippen molar-refractivity contribution in [3.05, 3.63) is 18.0 Å². The van der Waals surface area contributed by atoms with Crippen LogP contribution in [0.5, 0.6) is 0 Å². The van der Waals surface area contributed by atoms with E-state index in [0.29, 0.717) is 12.6 Å². The van der Waals surface area contributed by atoms with Gasteiger partial charge in [-0.25, -0.2) is 0 Å². The molecular formula is C14H25N3O. The van der Waals surface area contributed by atoms with Crippen molar-refractivity contribution in [2.45, 2.75) is 57.7 Å². The topological polar surface area (TPSA) is 41.3 Å². The van der Waals surface area contributed by atoms with Gasteiger partial charge in [0.25, 0.3) is 0 Å². The Balaban J connectivity index is 1.89. The molecule has 18 heavy (non-hydrogen) atoms. The second-order valence-electron chi connectivity index (χ2n) is 5.62. The third kappa shape index (κ3) is 3.82. The number of hydrogen-bond acceptors (Lipinski definition) is 3. The number of likely N-dealkylation sites (N-methyl/N-ethyl adjacent to an activating group) is 1. The van der Waals surface area contributed by atoms with Crippen molar-refractivity contribution in [3.8, 4) is 0 Å². The maximum atomic E-state index is 9.34. The van der Waals surface area contributed by atoms with E-state index in [1.165, 1.54) is 32.1 Å². The molecule has 1 heterocycles. The lowest BCUT2D eigenvalue weighted by atomic mass is 9.96. The summed E-state index contributed by atoms with van der Waals surface area (Å²) in [6.07, 6.45) is 8.41. The predicted molar refractivity (Wildman–Crippen MR) is 72.4 cm³/mol. The molecule has 1 saturated carbocycles. The van der Waals surface area contributed by atoms with Gasteiger partial charge in [0.15, 0.2) is 0 Å². The lowest BCUT2D eigenvalue weighted by molar-refractivity contribution is 0.137. The van der Waals surface area contributed by atoms with Gasteiger partial charge in [0.05, 0.1) is 17.8 Å². The highest BCUT2D eigenvalue weighted by molar-refractivity contribution is 5.00. The van der Waals surface area contributed by atoms with Crippen LogP contribution < -0.4 is 0 Å². The molecule has 1 fully saturated rings. The van der Waals surface area contributed by atoms with Crippen LogP contribution in [-0.2, 0) is 6.54 Å². The summed E-state index contributed by atoms with van der Waals surface area (Å²) in [5.41, 5.74) is 1.10. The first-order valence-corrected chi connectivity index (χ1v) is 7.06. The zero-order valence-electron chi connectivity index (χ0n) is 11.5. The molecule has 0 amide bonds. The van der Waals surface area contributed by atoms with E-state index in [1.807, 2.05) is 14.0 Å². The van der Waals surface area contributed by atoms with E-state index in [-0.39, 0.29) is 6.10 Å². The van der Waals surface area contributed by atoms with E-state index in [1.54, 1.807) is 0 Å². The molecule has 102 valence electrons. The van der Waals surface area contributed by atoms with Crippen molar-refractivity contribution < 1.29 is 5.11 Å². The Morgan fingerprint density at radius 1 is 1.44 bits per heavy atom. The van der Waals surface area contributed by atoms with E-state index < -0.39 is 0 Å². The molecule has 0 aromatic carbocycles. The minimum atomic E-state index is -0.282. The Kier molecular flexibility index (Phi) is 4.78. The second-order valence-corrected chi connectivity index (χ2v) is 5.62. The van der Waals surface area contributed by atoms with E-state index in [9.17, 15) is 5.11 Å². The second kappa shape index (κ2) is 6.34. The molecule has 1 aliphatic rings. The van der Waals surface area contributed by atoms with Crippen LogP contribution in [0.1, 0.15) is 50.8 Å².